The van der Waals surface area contributed by atoms with Crippen LogP contribution in [0.1, 0.15) is 18.1 Å². The van der Waals surface area contributed by atoms with Crippen LogP contribution in [0.25, 0.3) is 0 Å². The monoisotopic (exact) mass is 246 g/mol. The number of H-pyrrole nitrogens is 1. The van der Waals surface area contributed by atoms with Crippen molar-refractivity contribution < 1.29 is 15.0 Å². The lowest BCUT2D eigenvalue weighted by atomic mass is 10.0. The van der Waals surface area contributed by atoms with Gasteiger partial charge in [0.25, 0.3) is 5.56 Å². The van der Waals surface area contributed by atoms with Gasteiger partial charge in [-0.25, -0.2) is 0 Å². The van der Waals surface area contributed by atoms with Crippen LogP contribution < -0.4 is 11.3 Å². The van der Waals surface area contributed by atoms with Gasteiger partial charge in [-0.2, -0.15) is 0 Å². The molecule has 0 saturated carbocycles. The summed E-state index contributed by atoms with van der Waals surface area (Å²) in [6.07, 6.45) is -2.12. The molecule has 1 amide bonds. The van der Waals surface area contributed by atoms with Gasteiger partial charge in [0, 0.05) is 11.8 Å². The Balaban J connectivity index is 2.95. The number of carbonyl (C=O) groups excluding carboxylic acids is 1. The smallest absolute Gasteiger partial charge is 0.253 e. The number of nitrogens with one attached hydrogen (secondary N) is 1. The molecule has 5 N–H and O–H groups in total. The molecule has 0 radical (unpaired) electrons. The van der Waals surface area contributed by atoms with E-state index in [1.807, 2.05) is 0 Å². The molecule has 1 aromatic rings. The Kier molecular flexibility index (Phi) is 4.05. The largest absolute Gasteiger partial charge is 0.390 e. The molecule has 1 rings (SSSR count). The van der Waals surface area contributed by atoms with Gasteiger partial charge in [0.05, 0.1) is 17.5 Å². The molecule has 0 saturated heterocycles. The van der Waals surface area contributed by atoms with E-state index in [9.17, 15) is 19.8 Å². The number of hydrogen-bond donors (Lipinski definition) is 4. The Labute approximate surface area is 95.7 Å². The summed E-state index contributed by atoms with van der Waals surface area (Å²) in [5.74, 6) is -0.773. The molecule has 6 nitrogen and oxygen atoms in total. The average molecular weight is 247 g/mol. The number of nitrogens with two attached hydrogens (primary N) is 1. The Hall–Kier alpha value is -1.37. The normalized spacial score (nSPS) is 14.4. The van der Waals surface area contributed by atoms with E-state index < -0.39 is 30.1 Å². The second kappa shape index (κ2) is 5.11. The zero-order chi connectivity index (χ0) is 12.3. The summed E-state index contributed by atoms with van der Waals surface area (Å²) in [5, 5.41) is 19.2. The fraction of sp³-hybridized carbons (Fsp3) is 0.333. The minimum atomic E-state index is -1.50. The number of amides is 1. The van der Waals surface area contributed by atoms with E-state index in [1.54, 1.807) is 0 Å². The summed E-state index contributed by atoms with van der Waals surface area (Å²) < 4.78 is 0. The standard InChI is InChI=1S/C9H11ClN2O4/c10-4-1-5(9(16)12-3-4)8(15)6(13)2-7(11)14/h1,3,6,8,13,15H,2H2,(H2,11,14)(H,12,16). The molecule has 88 valence electrons. The highest BCUT2D eigenvalue weighted by atomic mass is 35.5. The van der Waals surface area contributed by atoms with Crippen LogP contribution in [0.3, 0.4) is 0 Å². The van der Waals surface area contributed by atoms with Gasteiger partial charge in [-0.1, -0.05) is 11.6 Å². The lowest BCUT2D eigenvalue weighted by Crippen LogP contribution is -2.29. The van der Waals surface area contributed by atoms with Gasteiger partial charge in [0.15, 0.2) is 0 Å². The van der Waals surface area contributed by atoms with Gasteiger partial charge in [-0.05, 0) is 6.07 Å². The summed E-state index contributed by atoms with van der Waals surface area (Å²) in [7, 11) is 0. The van der Waals surface area contributed by atoms with E-state index in [0.29, 0.717) is 0 Å². The maximum absolute atomic E-state index is 11.3. The molecule has 0 fully saturated rings. The first kappa shape index (κ1) is 12.7. The maximum Gasteiger partial charge on any atom is 0.253 e. The van der Waals surface area contributed by atoms with Gasteiger partial charge < -0.3 is 20.9 Å². The first-order chi connectivity index (χ1) is 7.41. The first-order valence-electron chi connectivity index (χ1n) is 4.44. The summed E-state index contributed by atoms with van der Waals surface area (Å²) in [5.41, 5.74) is 4.16. The van der Waals surface area contributed by atoms with Crippen molar-refractivity contribution in [2.24, 2.45) is 5.73 Å². The number of pyridine rings is 1. The molecule has 16 heavy (non-hydrogen) atoms. The van der Waals surface area contributed by atoms with Gasteiger partial charge in [0.2, 0.25) is 5.91 Å². The molecule has 0 bridgehead atoms. The van der Waals surface area contributed by atoms with Crippen LogP contribution in [0.2, 0.25) is 5.02 Å². The minimum absolute atomic E-state index is 0.110. The van der Waals surface area contributed by atoms with Crippen molar-refractivity contribution in [2.45, 2.75) is 18.6 Å². The number of halogens is 1. The van der Waals surface area contributed by atoms with Gasteiger partial charge in [-0.3, -0.25) is 9.59 Å². The number of hydrogen-bond acceptors (Lipinski definition) is 4. The van der Waals surface area contributed by atoms with Gasteiger partial charge >= 0.3 is 0 Å². The second-order valence-corrected chi connectivity index (χ2v) is 3.72. The number of primary amides is 1. The number of rotatable bonds is 4. The van der Waals surface area contributed by atoms with E-state index in [-0.39, 0.29) is 10.6 Å². The van der Waals surface area contributed by atoms with Crippen molar-refractivity contribution in [3.8, 4) is 0 Å². The van der Waals surface area contributed by atoms with E-state index in [2.05, 4.69) is 4.98 Å². The number of aliphatic hydroxyl groups is 2. The maximum atomic E-state index is 11.3. The van der Waals surface area contributed by atoms with E-state index in [0.717, 1.165) is 0 Å². The van der Waals surface area contributed by atoms with Gasteiger partial charge in [0.1, 0.15) is 6.10 Å². The zero-order valence-corrected chi connectivity index (χ0v) is 8.94. The van der Waals surface area contributed by atoms with Crippen molar-refractivity contribution in [1.82, 2.24) is 4.98 Å². The van der Waals surface area contributed by atoms with E-state index in [4.69, 9.17) is 17.3 Å². The quantitative estimate of drug-likeness (QED) is 0.562. The van der Waals surface area contributed by atoms with Crippen molar-refractivity contribution in [3.63, 3.8) is 0 Å². The lowest BCUT2D eigenvalue weighted by Gasteiger charge is -2.15. The number of carbonyl (C=O) groups is 1. The molecule has 2 atom stereocenters. The van der Waals surface area contributed by atoms with Crippen LogP contribution in [-0.4, -0.2) is 27.2 Å². The molecule has 0 aliphatic rings. The number of aliphatic hydroxyl groups excluding tert-OH is 2. The van der Waals surface area contributed by atoms with Crippen molar-refractivity contribution in [2.75, 3.05) is 0 Å². The Bertz CT molecular complexity index is 445. The Morgan fingerprint density at radius 3 is 2.75 bits per heavy atom. The highest BCUT2D eigenvalue weighted by Crippen LogP contribution is 2.17. The summed E-state index contributed by atoms with van der Waals surface area (Å²) >= 11 is 5.62. The summed E-state index contributed by atoms with van der Waals surface area (Å²) in [6, 6.07) is 1.22. The first-order valence-corrected chi connectivity index (χ1v) is 4.82. The fourth-order valence-corrected chi connectivity index (χ4v) is 1.39. The third-order valence-corrected chi connectivity index (χ3v) is 2.21. The molecule has 0 aliphatic heterocycles. The molecule has 2 unspecified atom stereocenters. The summed E-state index contributed by atoms with van der Waals surface area (Å²) in [4.78, 5) is 24.1. The fourth-order valence-electron chi connectivity index (χ4n) is 1.22. The van der Waals surface area contributed by atoms with Crippen LogP contribution in [0.15, 0.2) is 17.1 Å². The zero-order valence-electron chi connectivity index (χ0n) is 8.18. The molecule has 0 aromatic carbocycles. The molecular formula is C9H11ClN2O4. The van der Waals surface area contributed by atoms with E-state index in [1.165, 1.54) is 12.3 Å². The van der Waals surface area contributed by atoms with Crippen LogP contribution in [0.5, 0.6) is 0 Å². The van der Waals surface area contributed by atoms with Crippen molar-refractivity contribution in [1.29, 1.82) is 0 Å². The average Bonchev–Trinajstić information content (AvgIpc) is 2.19. The van der Waals surface area contributed by atoms with Crippen LogP contribution >= 0.6 is 11.6 Å². The number of aromatic amines is 1. The lowest BCUT2D eigenvalue weighted by molar-refractivity contribution is -0.121. The number of aromatic nitrogens is 1. The predicted molar refractivity (Wildman–Crippen MR) is 56.9 cm³/mol. The van der Waals surface area contributed by atoms with Crippen LogP contribution in [0, 0.1) is 0 Å². The van der Waals surface area contributed by atoms with Crippen molar-refractivity contribution in [3.05, 3.63) is 33.2 Å². The third-order valence-electron chi connectivity index (χ3n) is 1.99. The van der Waals surface area contributed by atoms with E-state index >= 15 is 0 Å². The molecule has 7 heteroatoms. The van der Waals surface area contributed by atoms with Crippen molar-refractivity contribution >= 4 is 17.5 Å². The minimum Gasteiger partial charge on any atom is -0.390 e. The predicted octanol–water partition coefficient (Wildman–Crippen LogP) is -0.702. The Morgan fingerprint density at radius 1 is 1.56 bits per heavy atom. The topological polar surface area (TPSA) is 116 Å². The highest BCUT2D eigenvalue weighted by Gasteiger charge is 2.22. The SMILES string of the molecule is NC(=O)CC(O)C(O)c1cc(Cl)c[nH]c1=O. The molecule has 1 heterocycles. The Morgan fingerprint density at radius 2 is 2.19 bits per heavy atom. The molecular weight excluding hydrogens is 236 g/mol. The summed E-state index contributed by atoms with van der Waals surface area (Å²) in [6.45, 7) is 0. The second-order valence-electron chi connectivity index (χ2n) is 3.28. The third kappa shape index (κ3) is 3.06. The highest BCUT2D eigenvalue weighted by molar-refractivity contribution is 6.30. The molecule has 0 spiro atoms. The van der Waals surface area contributed by atoms with Crippen LogP contribution in [0.4, 0.5) is 0 Å². The van der Waals surface area contributed by atoms with Gasteiger partial charge in [-0.15, -0.1) is 0 Å². The molecule has 0 aliphatic carbocycles. The molecule has 1 aromatic heterocycles. The van der Waals surface area contributed by atoms with Crippen LogP contribution in [-0.2, 0) is 4.79 Å².